The molecule has 1 rings (SSSR count). The van der Waals surface area contributed by atoms with Crippen LogP contribution in [0.3, 0.4) is 0 Å². The molecule has 0 aliphatic heterocycles. The summed E-state index contributed by atoms with van der Waals surface area (Å²) >= 11 is 0. The molecule has 1 amide bonds. The Morgan fingerprint density at radius 3 is 2.67 bits per heavy atom. The standard InChI is InChI=1S/C13H22N4O/c1-16(2)13(18)6-4-5-9-17(3)12-7-8-15-10-11(12)14/h7-8,10H,4-6,9,14H2,1-3H3. The monoisotopic (exact) mass is 250 g/mol. The largest absolute Gasteiger partial charge is 0.396 e. The maximum atomic E-state index is 11.4. The number of anilines is 2. The molecule has 100 valence electrons. The Labute approximate surface area is 109 Å². The van der Waals surface area contributed by atoms with Crippen molar-refractivity contribution in [2.24, 2.45) is 0 Å². The fourth-order valence-corrected chi connectivity index (χ4v) is 1.72. The Morgan fingerprint density at radius 2 is 2.06 bits per heavy atom. The maximum Gasteiger partial charge on any atom is 0.222 e. The van der Waals surface area contributed by atoms with Gasteiger partial charge in [0.05, 0.1) is 17.6 Å². The highest BCUT2D eigenvalue weighted by atomic mass is 16.2. The molecule has 0 unspecified atom stereocenters. The summed E-state index contributed by atoms with van der Waals surface area (Å²) in [4.78, 5) is 19.1. The van der Waals surface area contributed by atoms with Gasteiger partial charge < -0.3 is 15.5 Å². The van der Waals surface area contributed by atoms with Crippen LogP contribution in [0.1, 0.15) is 19.3 Å². The van der Waals surface area contributed by atoms with E-state index >= 15 is 0 Å². The number of nitrogens with two attached hydrogens (primary N) is 1. The molecule has 0 aromatic carbocycles. The van der Waals surface area contributed by atoms with Gasteiger partial charge in [0.15, 0.2) is 0 Å². The number of hydrogen-bond acceptors (Lipinski definition) is 4. The van der Waals surface area contributed by atoms with Crippen molar-refractivity contribution in [2.75, 3.05) is 38.3 Å². The molecule has 0 aliphatic rings. The number of pyridine rings is 1. The first-order valence-corrected chi connectivity index (χ1v) is 6.13. The van der Waals surface area contributed by atoms with Crippen LogP contribution in [0.15, 0.2) is 18.5 Å². The van der Waals surface area contributed by atoms with Gasteiger partial charge >= 0.3 is 0 Å². The van der Waals surface area contributed by atoms with E-state index in [2.05, 4.69) is 9.88 Å². The molecular formula is C13H22N4O. The van der Waals surface area contributed by atoms with Crippen LogP contribution in [0.25, 0.3) is 0 Å². The number of aromatic nitrogens is 1. The number of amides is 1. The van der Waals surface area contributed by atoms with E-state index in [1.165, 1.54) is 0 Å². The third-order valence-electron chi connectivity index (χ3n) is 2.87. The number of carbonyl (C=O) groups excluding carboxylic acids is 1. The Kier molecular flexibility index (Phi) is 5.42. The summed E-state index contributed by atoms with van der Waals surface area (Å²) in [5.41, 5.74) is 7.52. The zero-order chi connectivity index (χ0) is 13.5. The minimum absolute atomic E-state index is 0.182. The van der Waals surface area contributed by atoms with Gasteiger partial charge in [-0.3, -0.25) is 9.78 Å². The predicted octanol–water partition coefficient (Wildman–Crippen LogP) is 1.36. The Hall–Kier alpha value is -1.78. The van der Waals surface area contributed by atoms with E-state index in [0.29, 0.717) is 12.1 Å². The van der Waals surface area contributed by atoms with E-state index in [4.69, 9.17) is 5.73 Å². The SMILES string of the molecule is CN(C)C(=O)CCCCN(C)c1ccncc1N. The summed E-state index contributed by atoms with van der Waals surface area (Å²) in [5, 5.41) is 0. The van der Waals surface area contributed by atoms with Crippen LogP contribution < -0.4 is 10.6 Å². The smallest absolute Gasteiger partial charge is 0.222 e. The second-order valence-corrected chi connectivity index (χ2v) is 4.60. The van der Waals surface area contributed by atoms with Gasteiger partial charge in [0.1, 0.15) is 0 Å². The third kappa shape index (κ3) is 4.24. The van der Waals surface area contributed by atoms with Gasteiger partial charge in [0.25, 0.3) is 0 Å². The highest BCUT2D eigenvalue weighted by Crippen LogP contribution is 2.20. The molecule has 18 heavy (non-hydrogen) atoms. The minimum atomic E-state index is 0.182. The third-order valence-corrected chi connectivity index (χ3v) is 2.87. The number of nitrogen functional groups attached to an aromatic ring is 1. The first kappa shape index (κ1) is 14.3. The molecule has 0 saturated carbocycles. The van der Waals surface area contributed by atoms with E-state index < -0.39 is 0 Å². The van der Waals surface area contributed by atoms with E-state index in [-0.39, 0.29) is 5.91 Å². The Morgan fingerprint density at radius 1 is 1.33 bits per heavy atom. The normalized spacial score (nSPS) is 10.2. The Balaban J connectivity index is 2.32. The second kappa shape index (κ2) is 6.83. The lowest BCUT2D eigenvalue weighted by atomic mass is 10.2. The predicted molar refractivity (Wildman–Crippen MR) is 74.5 cm³/mol. The molecule has 5 nitrogen and oxygen atoms in total. The van der Waals surface area contributed by atoms with Gasteiger partial charge in [-0.1, -0.05) is 0 Å². The molecule has 1 heterocycles. The van der Waals surface area contributed by atoms with Crippen molar-refractivity contribution in [3.8, 4) is 0 Å². The molecule has 0 bridgehead atoms. The van der Waals surface area contributed by atoms with Gasteiger partial charge in [-0.05, 0) is 18.9 Å². The van der Waals surface area contributed by atoms with Crippen LogP contribution in [0, 0.1) is 0 Å². The van der Waals surface area contributed by atoms with Crippen LogP contribution in [-0.4, -0.2) is 43.5 Å². The van der Waals surface area contributed by atoms with Crippen LogP contribution in [0.2, 0.25) is 0 Å². The summed E-state index contributed by atoms with van der Waals surface area (Å²) < 4.78 is 0. The van der Waals surface area contributed by atoms with Crippen molar-refractivity contribution in [3.05, 3.63) is 18.5 Å². The number of unbranched alkanes of at least 4 members (excludes halogenated alkanes) is 1. The molecule has 0 spiro atoms. The van der Waals surface area contributed by atoms with Crippen molar-refractivity contribution >= 4 is 17.3 Å². The van der Waals surface area contributed by atoms with Crippen LogP contribution >= 0.6 is 0 Å². The maximum absolute atomic E-state index is 11.4. The summed E-state index contributed by atoms with van der Waals surface area (Å²) in [6, 6.07) is 1.90. The summed E-state index contributed by atoms with van der Waals surface area (Å²) in [6.07, 6.45) is 5.86. The van der Waals surface area contributed by atoms with E-state index in [0.717, 1.165) is 25.1 Å². The second-order valence-electron chi connectivity index (χ2n) is 4.60. The molecular weight excluding hydrogens is 228 g/mol. The van der Waals surface area contributed by atoms with Crippen LogP contribution in [0.4, 0.5) is 11.4 Å². The number of hydrogen-bond donors (Lipinski definition) is 1. The van der Waals surface area contributed by atoms with Crippen molar-refractivity contribution in [1.82, 2.24) is 9.88 Å². The average Bonchev–Trinajstić information content (AvgIpc) is 2.34. The van der Waals surface area contributed by atoms with Crippen molar-refractivity contribution in [2.45, 2.75) is 19.3 Å². The molecule has 0 fully saturated rings. The lowest BCUT2D eigenvalue weighted by Gasteiger charge is -2.20. The van der Waals surface area contributed by atoms with Crippen LogP contribution in [-0.2, 0) is 4.79 Å². The summed E-state index contributed by atoms with van der Waals surface area (Å²) in [5.74, 6) is 0.182. The highest BCUT2D eigenvalue weighted by Gasteiger charge is 2.06. The molecule has 0 aliphatic carbocycles. The molecule has 0 radical (unpaired) electrons. The van der Waals surface area contributed by atoms with Crippen LogP contribution in [0.5, 0.6) is 0 Å². The number of carbonyl (C=O) groups is 1. The summed E-state index contributed by atoms with van der Waals surface area (Å²) in [6.45, 7) is 0.884. The first-order chi connectivity index (χ1) is 8.52. The molecule has 1 aromatic rings. The zero-order valence-corrected chi connectivity index (χ0v) is 11.4. The summed E-state index contributed by atoms with van der Waals surface area (Å²) in [7, 11) is 5.57. The lowest BCUT2D eigenvalue weighted by molar-refractivity contribution is -0.128. The van der Waals surface area contributed by atoms with Gasteiger partial charge in [-0.25, -0.2) is 0 Å². The van der Waals surface area contributed by atoms with Gasteiger partial charge in [0.2, 0.25) is 5.91 Å². The van der Waals surface area contributed by atoms with Gasteiger partial charge in [-0.15, -0.1) is 0 Å². The fraction of sp³-hybridized carbons (Fsp3) is 0.538. The van der Waals surface area contributed by atoms with Crippen molar-refractivity contribution < 1.29 is 4.79 Å². The van der Waals surface area contributed by atoms with Gasteiger partial charge in [-0.2, -0.15) is 0 Å². The molecule has 1 aromatic heterocycles. The molecule has 0 saturated heterocycles. The van der Waals surface area contributed by atoms with Crippen molar-refractivity contribution in [3.63, 3.8) is 0 Å². The fourth-order valence-electron chi connectivity index (χ4n) is 1.72. The van der Waals surface area contributed by atoms with E-state index in [9.17, 15) is 4.79 Å². The molecule has 2 N–H and O–H groups in total. The molecule has 5 heteroatoms. The molecule has 0 atom stereocenters. The Bertz CT molecular complexity index is 392. The van der Waals surface area contributed by atoms with E-state index in [1.807, 2.05) is 13.1 Å². The number of rotatable bonds is 6. The van der Waals surface area contributed by atoms with Gasteiger partial charge in [0, 0.05) is 40.3 Å². The lowest BCUT2D eigenvalue weighted by Crippen LogP contribution is -2.23. The van der Waals surface area contributed by atoms with Crippen molar-refractivity contribution in [1.29, 1.82) is 0 Å². The highest BCUT2D eigenvalue weighted by molar-refractivity contribution is 5.75. The topological polar surface area (TPSA) is 62.5 Å². The zero-order valence-electron chi connectivity index (χ0n) is 11.4. The average molecular weight is 250 g/mol. The minimum Gasteiger partial charge on any atom is -0.396 e. The van der Waals surface area contributed by atoms with E-state index in [1.54, 1.807) is 31.4 Å². The number of nitrogens with zero attached hydrogens (tertiary/aromatic N) is 3. The quantitative estimate of drug-likeness (QED) is 0.774. The first-order valence-electron chi connectivity index (χ1n) is 6.13.